The van der Waals surface area contributed by atoms with E-state index in [4.69, 9.17) is 9.47 Å². The topological polar surface area (TPSA) is 21.7 Å². The fraction of sp³-hybridized carbons (Fsp3) is 1.00. The third-order valence-electron chi connectivity index (χ3n) is 2.17. The van der Waals surface area contributed by atoms with Crippen LogP contribution in [-0.4, -0.2) is 55.5 Å². The molecule has 0 heterocycles. The standard InChI is InChI=1S/C9H23NO2Si2/c1-10(8(11-2)13(4)5)9(12-3)14(6)7/h8-9H,1-7H3. The van der Waals surface area contributed by atoms with Crippen molar-refractivity contribution < 1.29 is 9.47 Å². The van der Waals surface area contributed by atoms with Gasteiger partial charge in [-0.2, -0.15) is 0 Å². The van der Waals surface area contributed by atoms with Crippen molar-refractivity contribution in [3.05, 3.63) is 0 Å². The van der Waals surface area contributed by atoms with Crippen molar-refractivity contribution in [2.45, 2.75) is 37.9 Å². The second-order valence-corrected chi connectivity index (χ2v) is 9.29. The minimum Gasteiger partial charge on any atom is -0.370 e. The average Bonchev–Trinajstić information content (AvgIpc) is 2.04. The van der Waals surface area contributed by atoms with Gasteiger partial charge in [0.05, 0.1) is 29.3 Å². The van der Waals surface area contributed by atoms with Gasteiger partial charge in [-0.1, -0.05) is 26.2 Å². The molecule has 2 unspecified atom stereocenters. The molecule has 14 heavy (non-hydrogen) atoms. The van der Waals surface area contributed by atoms with Crippen LogP contribution < -0.4 is 0 Å². The molecular weight excluding hydrogens is 210 g/mol. The zero-order valence-electron chi connectivity index (χ0n) is 10.4. The van der Waals surface area contributed by atoms with Gasteiger partial charge in [-0.15, -0.1) is 0 Å². The lowest BCUT2D eigenvalue weighted by atomic mass is 10.8. The lowest BCUT2D eigenvalue weighted by Crippen LogP contribution is -2.53. The van der Waals surface area contributed by atoms with Gasteiger partial charge in [0.2, 0.25) is 0 Å². The molecule has 2 radical (unpaired) electrons. The molecule has 0 rings (SSSR count). The smallest absolute Gasteiger partial charge is 0.0982 e. The third-order valence-corrected chi connectivity index (χ3v) is 5.44. The predicted octanol–water partition coefficient (Wildman–Crippen LogP) is 1.45. The molecule has 0 spiro atoms. The van der Waals surface area contributed by atoms with Crippen molar-refractivity contribution in [3.8, 4) is 0 Å². The molecular formula is C9H23NO2Si2. The summed E-state index contributed by atoms with van der Waals surface area (Å²) in [6.07, 6.45) is 0. The molecule has 2 atom stereocenters. The van der Waals surface area contributed by atoms with E-state index in [0.29, 0.717) is 0 Å². The maximum Gasteiger partial charge on any atom is 0.0982 e. The number of nitrogens with zero attached hydrogens (tertiary/aromatic N) is 1. The van der Waals surface area contributed by atoms with Crippen LogP contribution in [0.25, 0.3) is 0 Å². The normalized spacial score (nSPS) is 16.7. The van der Waals surface area contributed by atoms with Crippen molar-refractivity contribution in [1.82, 2.24) is 4.90 Å². The fourth-order valence-corrected chi connectivity index (χ4v) is 4.73. The first kappa shape index (κ1) is 14.3. The Kier molecular flexibility index (Phi) is 6.89. The summed E-state index contributed by atoms with van der Waals surface area (Å²) in [7, 11) is 4.72. The molecule has 0 fully saturated rings. The molecule has 0 saturated heterocycles. The minimum atomic E-state index is -0.471. The maximum absolute atomic E-state index is 5.51. The van der Waals surface area contributed by atoms with Crippen molar-refractivity contribution >= 4 is 17.6 Å². The summed E-state index contributed by atoms with van der Waals surface area (Å²) in [5.74, 6) is 0.481. The van der Waals surface area contributed by atoms with Crippen LogP contribution in [0, 0.1) is 0 Å². The molecule has 0 saturated carbocycles. The first-order valence-electron chi connectivity index (χ1n) is 4.83. The Morgan fingerprint density at radius 2 is 1.14 bits per heavy atom. The summed E-state index contributed by atoms with van der Waals surface area (Å²) in [5, 5.41) is 0. The summed E-state index contributed by atoms with van der Waals surface area (Å²) in [6.45, 7) is 9.05. The monoisotopic (exact) mass is 233 g/mol. The molecule has 0 aromatic carbocycles. The van der Waals surface area contributed by atoms with Crippen molar-refractivity contribution in [2.75, 3.05) is 21.3 Å². The average molecular weight is 233 g/mol. The van der Waals surface area contributed by atoms with Crippen LogP contribution in [0.3, 0.4) is 0 Å². The highest BCUT2D eigenvalue weighted by atomic mass is 28.3. The predicted molar refractivity (Wildman–Crippen MR) is 64.3 cm³/mol. The van der Waals surface area contributed by atoms with Gasteiger partial charge in [0.25, 0.3) is 0 Å². The number of rotatable bonds is 6. The van der Waals surface area contributed by atoms with E-state index in [1.807, 2.05) is 0 Å². The van der Waals surface area contributed by atoms with Gasteiger partial charge in [-0.25, -0.2) is 0 Å². The van der Waals surface area contributed by atoms with Gasteiger partial charge in [-0.05, 0) is 7.05 Å². The Labute approximate surface area is 91.6 Å². The summed E-state index contributed by atoms with van der Waals surface area (Å²) in [5.41, 5.74) is 0. The zero-order valence-corrected chi connectivity index (χ0v) is 12.4. The van der Waals surface area contributed by atoms with E-state index in [-0.39, 0.29) is 11.7 Å². The quantitative estimate of drug-likeness (QED) is 0.512. The van der Waals surface area contributed by atoms with E-state index in [1.54, 1.807) is 14.2 Å². The number of ether oxygens (including phenoxy) is 2. The summed E-state index contributed by atoms with van der Waals surface area (Å²) in [4.78, 5) is 2.24. The lowest BCUT2D eigenvalue weighted by Gasteiger charge is -2.36. The van der Waals surface area contributed by atoms with Gasteiger partial charge in [-0.3, -0.25) is 4.90 Å². The van der Waals surface area contributed by atoms with Crippen LogP contribution >= 0.6 is 0 Å². The molecule has 0 N–H and O–H groups in total. The minimum absolute atomic E-state index is 0.241. The SMILES string of the molecule is COC(N(C)C(OC)[Si](C)C)[Si](C)C. The maximum atomic E-state index is 5.51. The van der Waals surface area contributed by atoms with Crippen molar-refractivity contribution in [3.63, 3.8) is 0 Å². The van der Waals surface area contributed by atoms with Crippen LogP contribution in [0.5, 0.6) is 0 Å². The van der Waals surface area contributed by atoms with E-state index < -0.39 is 17.6 Å². The second-order valence-electron chi connectivity index (χ2n) is 4.00. The van der Waals surface area contributed by atoms with Crippen LogP contribution in [-0.2, 0) is 9.47 Å². The molecule has 0 aliphatic heterocycles. The van der Waals surface area contributed by atoms with Gasteiger partial charge in [0, 0.05) is 14.2 Å². The highest BCUT2D eigenvalue weighted by molar-refractivity contribution is 6.58. The molecule has 0 bridgehead atoms. The van der Waals surface area contributed by atoms with Gasteiger partial charge >= 0.3 is 0 Å². The Hall–Kier alpha value is 0.314. The fourth-order valence-electron chi connectivity index (χ4n) is 1.74. The van der Waals surface area contributed by atoms with E-state index in [0.717, 1.165) is 0 Å². The van der Waals surface area contributed by atoms with Crippen LogP contribution in [0.4, 0.5) is 0 Å². The van der Waals surface area contributed by atoms with Crippen LogP contribution in [0.2, 0.25) is 26.2 Å². The van der Waals surface area contributed by atoms with E-state index in [9.17, 15) is 0 Å². The van der Waals surface area contributed by atoms with E-state index in [1.165, 1.54) is 0 Å². The molecule has 0 aliphatic rings. The molecule has 0 aromatic rings. The van der Waals surface area contributed by atoms with Crippen molar-refractivity contribution in [2.24, 2.45) is 0 Å². The summed E-state index contributed by atoms with van der Waals surface area (Å²) >= 11 is 0. The van der Waals surface area contributed by atoms with E-state index >= 15 is 0 Å². The largest absolute Gasteiger partial charge is 0.370 e. The van der Waals surface area contributed by atoms with Gasteiger partial charge in [0.15, 0.2) is 0 Å². The number of hydrogen-bond donors (Lipinski definition) is 0. The van der Waals surface area contributed by atoms with Crippen molar-refractivity contribution in [1.29, 1.82) is 0 Å². The first-order valence-corrected chi connectivity index (χ1v) is 9.98. The molecule has 0 aromatic heterocycles. The Morgan fingerprint density at radius 3 is 1.29 bits per heavy atom. The lowest BCUT2D eigenvalue weighted by molar-refractivity contribution is -0.0507. The third kappa shape index (κ3) is 3.82. The molecule has 0 amide bonds. The highest BCUT2D eigenvalue weighted by Crippen LogP contribution is 2.10. The first-order chi connectivity index (χ1) is 6.45. The highest BCUT2D eigenvalue weighted by Gasteiger charge is 2.28. The van der Waals surface area contributed by atoms with E-state index in [2.05, 4.69) is 38.1 Å². The van der Waals surface area contributed by atoms with Gasteiger partial charge < -0.3 is 9.47 Å². The Bertz CT molecular complexity index is 140. The molecule has 5 heteroatoms. The zero-order chi connectivity index (χ0) is 11.3. The molecule has 3 nitrogen and oxygen atoms in total. The Morgan fingerprint density at radius 1 is 0.857 bits per heavy atom. The number of hydrogen-bond acceptors (Lipinski definition) is 3. The number of methoxy groups -OCH3 is 2. The summed E-state index contributed by atoms with van der Waals surface area (Å²) < 4.78 is 11.0. The molecule has 0 aliphatic carbocycles. The Balaban J connectivity index is 4.44. The van der Waals surface area contributed by atoms with Crippen LogP contribution in [0.1, 0.15) is 0 Å². The summed E-state index contributed by atoms with van der Waals surface area (Å²) in [6, 6.07) is 0. The van der Waals surface area contributed by atoms with Gasteiger partial charge in [0.1, 0.15) is 0 Å². The second kappa shape index (κ2) is 6.73. The molecule has 84 valence electrons. The van der Waals surface area contributed by atoms with Crippen LogP contribution in [0.15, 0.2) is 0 Å².